The first-order valence-corrected chi connectivity index (χ1v) is 11.8. The zero-order valence-electron chi connectivity index (χ0n) is 16.3. The van der Waals surface area contributed by atoms with Gasteiger partial charge in [-0.15, -0.1) is 0 Å². The van der Waals surface area contributed by atoms with Crippen LogP contribution in [0.4, 0.5) is 17.1 Å². The molecule has 30 heavy (non-hydrogen) atoms. The molecule has 6 rings (SSSR count). The zero-order chi connectivity index (χ0) is 19.9. The quantitative estimate of drug-likeness (QED) is 0.251. The van der Waals surface area contributed by atoms with Crippen LogP contribution in [0.3, 0.4) is 0 Å². The van der Waals surface area contributed by atoms with Crippen molar-refractivity contribution in [1.82, 2.24) is 0 Å². The number of fused-ring (bicyclic) bond motifs is 5. The predicted molar refractivity (Wildman–Crippen MR) is 131 cm³/mol. The van der Waals surface area contributed by atoms with E-state index in [-0.39, 0.29) is 0 Å². The molecule has 1 nitrogen and oxygen atoms in total. The molecule has 0 N–H and O–H groups in total. The van der Waals surface area contributed by atoms with Gasteiger partial charge in [0.1, 0.15) is 0 Å². The normalized spacial score (nSPS) is 11.3. The van der Waals surface area contributed by atoms with Crippen LogP contribution in [0.15, 0.2) is 115 Å². The monoisotopic (exact) mass is 449 g/mol. The Morgan fingerprint density at radius 1 is 0.467 bits per heavy atom. The first-order chi connectivity index (χ1) is 14.9. The van der Waals surface area contributed by atoms with E-state index in [1.807, 2.05) is 0 Å². The van der Waals surface area contributed by atoms with Crippen molar-refractivity contribution in [2.24, 2.45) is 0 Å². The second-order valence-corrected chi connectivity index (χ2v) is 9.66. The van der Waals surface area contributed by atoms with Gasteiger partial charge in [-0.2, -0.15) is 0 Å². The first-order valence-electron chi connectivity index (χ1n) is 10.1. The van der Waals surface area contributed by atoms with Gasteiger partial charge in [0.05, 0.1) is 0 Å². The molecule has 142 valence electrons. The van der Waals surface area contributed by atoms with Crippen LogP contribution in [-0.2, 0) is 0 Å². The third-order valence-electron chi connectivity index (χ3n) is 5.63. The Morgan fingerprint density at radius 3 is 1.83 bits per heavy atom. The molecule has 2 heteroatoms. The fourth-order valence-electron chi connectivity index (χ4n) is 4.24. The van der Waals surface area contributed by atoms with E-state index in [1.165, 1.54) is 47.1 Å². The molecule has 6 aromatic rings. The van der Waals surface area contributed by atoms with Crippen LogP contribution in [0.2, 0.25) is 0 Å². The number of hydrogen-bond donors (Lipinski definition) is 0. The van der Waals surface area contributed by atoms with Crippen LogP contribution in [0, 0.1) is 0 Å². The standard InChI is InChI=1S/C28H19NSe/c1-3-9-21(10-4-1)29(22-11-5-2-6-12-22)23-16-18-24-20(19-23)15-17-26-25-13-7-8-14-27(25)30-28(24)26/h1-19H. The fourth-order valence-corrected chi connectivity index (χ4v) is 6.84. The van der Waals surface area contributed by atoms with E-state index in [0.29, 0.717) is 14.5 Å². The Labute approximate surface area is 181 Å². The van der Waals surface area contributed by atoms with E-state index in [0.717, 1.165) is 0 Å². The molecule has 0 bridgehead atoms. The van der Waals surface area contributed by atoms with Gasteiger partial charge in [-0.25, -0.2) is 0 Å². The molecular formula is C28H19NSe. The summed E-state index contributed by atoms with van der Waals surface area (Å²) in [4.78, 5) is 2.33. The SMILES string of the molecule is c1ccc(N(c2ccccc2)c2ccc3c(ccc4c5ccccc5[se]c34)c2)cc1. The van der Waals surface area contributed by atoms with E-state index in [1.54, 1.807) is 0 Å². The van der Waals surface area contributed by atoms with Crippen molar-refractivity contribution in [1.29, 1.82) is 0 Å². The fraction of sp³-hybridized carbons (Fsp3) is 0. The van der Waals surface area contributed by atoms with Gasteiger partial charge in [-0.05, 0) is 0 Å². The average Bonchev–Trinajstić information content (AvgIpc) is 3.20. The summed E-state index contributed by atoms with van der Waals surface area (Å²) >= 11 is 0.367. The molecule has 0 fully saturated rings. The molecule has 0 radical (unpaired) electrons. The Hall–Kier alpha value is -3.32. The van der Waals surface area contributed by atoms with Gasteiger partial charge >= 0.3 is 182 Å². The third-order valence-corrected chi connectivity index (χ3v) is 8.19. The molecular weight excluding hydrogens is 429 g/mol. The van der Waals surface area contributed by atoms with Crippen molar-refractivity contribution in [2.45, 2.75) is 0 Å². The van der Waals surface area contributed by atoms with Crippen molar-refractivity contribution in [3.05, 3.63) is 115 Å². The molecule has 1 aromatic heterocycles. The Morgan fingerprint density at radius 2 is 1.10 bits per heavy atom. The minimum atomic E-state index is 0.367. The topological polar surface area (TPSA) is 3.24 Å². The maximum absolute atomic E-state index is 2.33. The molecule has 0 spiro atoms. The number of hydrogen-bond acceptors (Lipinski definition) is 1. The second-order valence-electron chi connectivity index (χ2n) is 7.45. The van der Waals surface area contributed by atoms with E-state index in [9.17, 15) is 0 Å². The van der Waals surface area contributed by atoms with Crippen LogP contribution < -0.4 is 4.90 Å². The Bertz CT molecular complexity index is 1440. The maximum atomic E-state index is 2.33. The van der Waals surface area contributed by atoms with Gasteiger partial charge in [0.15, 0.2) is 0 Å². The number of nitrogens with zero attached hydrogens (tertiary/aromatic N) is 1. The first kappa shape index (κ1) is 17.5. The van der Waals surface area contributed by atoms with Gasteiger partial charge in [0.25, 0.3) is 0 Å². The van der Waals surface area contributed by atoms with Crippen molar-refractivity contribution in [3.8, 4) is 0 Å². The van der Waals surface area contributed by atoms with Gasteiger partial charge in [0.2, 0.25) is 0 Å². The summed E-state index contributed by atoms with van der Waals surface area (Å²) in [5.41, 5.74) is 3.52. The third kappa shape index (κ3) is 2.85. The molecule has 5 aromatic carbocycles. The van der Waals surface area contributed by atoms with Crippen molar-refractivity contribution in [2.75, 3.05) is 4.90 Å². The van der Waals surface area contributed by atoms with E-state index < -0.39 is 0 Å². The number of rotatable bonds is 3. The van der Waals surface area contributed by atoms with Gasteiger partial charge in [-0.3, -0.25) is 0 Å². The summed E-state index contributed by atoms with van der Waals surface area (Å²) in [6.45, 7) is 0. The summed E-state index contributed by atoms with van der Waals surface area (Å²) in [6, 6.07) is 41.5. The summed E-state index contributed by atoms with van der Waals surface area (Å²) in [5, 5.41) is 5.51. The van der Waals surface area contributed by atoms with Gasteiger partial charge < -0.3 is 0 Å². The van der Waals surface area contributed by atoms with E-state index >= 15 is 0 Å². The average molecular weight is 448 g/mol. The Balaban J connectivity index is 1.57. The molecule has 0 unspecified atom stereocenters. The van der Waals surface area contributed by atoms with Crippen LogP contribution >= 0.6 is 0 Å². The number of para-hydroxylation sites is 2. The molecule has 0 aliphatic rings. The van der Waals surface area contributed by atoms with Gasteiger partial charge in [0, 0.05) is 0 Å². The van der Waals surface area contributed by atoms with Crippen LogP contribution in [0.25, 0.3) is 30.1 Å². The number of anilines is 3. The molecule has 0 saturated heterocycles. The molecule has 0 aliphatic heterocycles. The molecule has 0 aliphatic carbocycles. The second kappa shape index (κ2) is 7.18. The predicted octanol–water partition coefficient (Wildman–Crippen LogP) is 7.67. The van der Waals surface area contributed by atoms with E-state index in [2.05, 4.69) is 120 Å². The summed E-state index contributed by atoms with van der Waals surface area (Å²) in [7, 11) is 0. The van der Waals surface area contributed by atoms with Crippen LogP contribution in [-0.4, -0.2) is 14.5 Å². The molecule has 1 heterocycles. The zero-order valence-corrected chi connectivity index (χ0v) is 18.0. The Kier molecular flexibility index (Phi) is 4.19. The molecule has 0 atom stereocenters. The van der Waals surface area contributed by atoms with Crippen molar-refractivity contribution in [3.63, 3.8) is 0 Å². The molecule has 0 saturated carbocycles. The van der Waals surface area contributed by atoms with E-state index in [4.69, 9.17) is 0 Å². The van der Waals surface area contributed by atoms with Crippen LogP contribution in [0.5, 0.6) is 0 Å². The summed E-state index contributed by atoms with van der Waals surface area (Å²) in [6.07, 6.45) is 0. The summed E-state index contributed by atoms with van der Waals surface area (Å²) < 4.78 is 3.01. The minimum absolute atomic E-state index is 0.367. The van der Waals surface area contributed by atoms with Gasteiger partial charge in [-0.1, -0.05) is 0 Å². The van der Waals surface area contributed by atoms with Crippen molar-refractivity contribution >= 4 is 61.6 Å². The van der Waals surface area contributed by atoms with Crippen molar-refractivity contribution < 1.29 is 0 Å². The molecule has 0 amide bonds. The number of benzene rings is 5. The summed E-state index contributed by atoms with van der Waals surface area (Å²) in [5.74, 6) is 0. The van der Waals surface area contributed by atoms with Crippen LogP contribution in [0.1, 0.15) is 0 Å².